The molecule has 2 nitrogen and oxygen atoms in total. The molecular weight excluding hydrogens is 945 g/mol. The summed E-state index contributed by atoms with van der Waals surface area (Å²) >= 11 is 0. The first-order valence-corrected chi connectivity index (χ1v) is 38.1. The van der Waals surface area contributed by atoms with Gasteiger partial charge >= 0.3 is 0 Å². The highest BCUT2D eigenvalue weighted by atomic mass is 30.2. The largest absolute Gasteiger partial charge is 0.307 e. The molecule has 73 heavy (non-hydrogen) atoms. The number of aromatic nitrogens is 2. The number of nitrogens with zero attached hydrogens (tertiary/aromatic N) is 2. The molecule has 0 amide bonds. The van der Waals surface area contributed by atoms with Gasteiger partial charge in [0.25, 0.3) is 0 Å². The Morgan fingerprint density at radius 3 is 0.945 bits per heavy atom. The van der Waals surface area contributed by atoms with Gasteiger partial charge in [0, 0.05) is 32.9 Å². The molecule has 0 N–H and O–H groups in total. The molecule has 0 spiro atoms. The van der Waals surface area contributed by atoms with E-state index in [4.69, 9.17) is 0 Å². The third-order valence-electron chi connectivity index (χ3n) is 17.0. The maximum Gasteiger partial charge on any atom is 0.120 e. The molecule has 0 atom stereocenters. The van der Waals surface area contributed by atoms with E-state index in [1.54, 1.807) is 31.1 Å². The lowest BCUT2D eigenvalue weighted by Crippen LogP contribution is -3.23. The second kappa shape index (κ2) is 17.0. The van der Waals surface area contributed by atoms with Gasteiger partial charge in [-0.2, -0.15) is 0 Å². The van der Waals surface area contributed by atoms with Crippen molar-refractivity contribution in [3.8, 4) is 11.4 Å². The monoisotopic (exact) mass is 996 g/mol. The molecule has 0 aliphatic carbocycles. The average Bonchev–Trinajstić information content (AvgIpc) is 4.00. The van der Waals surface area contributed by atoms with Crippen molar-refractivity contribution in [3.63, 3.8) is 0 Å². The number of hydrogen-bond donors (Lipinski definition) is 0. The van der Waals surface area contributed by atoms with Crippen molar-refractivity contribution in [2.24, 2.45) is 0 Å². The quantitative estimate of drug-likeness (QED) is 0.128. The Morgan fingerprint density at radius 1 is 0.233 bits per heavy atom. The minimum Gasteiger partial charge on any atom is -0.307 e. The molecule has 14 rings (SSSR count). The van der Waals surface area contributed by atoms with Crippen LogP contribution in [0.25, 0.3) is 55.0 Å². The van der Waals surface area contributed by atoms with Gasteiger partial charge in [0.15, 0.2) is 0 Å². The maximum atomic E-state index is 2.88. The molecule has 13 aromatic rings. The van der Waals surface area contributed by atoms with Crippen molar-refractivity contribution >= 4 is 108 Å². The van der Waals surface area contributed by atoms with E-state index in [1.807, 2.05) is 0 Å². The highest BCUT2D eigenvalue weighted by Crippen LogP contribution is 2.51. The Kier molecular flexibility index (Phi) is 10.2. The Morgan fingerprint density at radius 2 is 0.534 bits per heavy atom. The fourth-order valence-corrected chi connectivity index (χ4v) is 139. The van der Waals surface area contributed by atoms with E-state index >= 15 is 0 Å². The van der Waals surface area contributed by atoms with Gasteiger partial charge in [-0.1, -0.05) is 304 Å². The molecule has 11 aromatic carbocycles. The predicted octanol–water partition coefficient (Wildman–Crippen LogP) is 11.3. The van der Waals surface area contributed by atoms with Crippen LogP contribution in [0.4, 0.5) is 0 Å². The molecule has 1 aliphatic heterocycles. The molecule has 0 radical (unpaired) electrons. The van der Waals surface area contributed by atoms with Crippen molar-refractivity contribution in [1.82, 2.24) is 9.13 Å². The minimum atomic E-state index is -3.24. The van der Waals surface area contributed by atoms with Crippen LogP contribution in [-0.4, -0.2) is 37.6 Å². The number of rotatable bonds is 9. The molecule has 3 heterocycles. The van der Waals surface area contributed by atoms with Gasteiger partial charge in [-0.15, -0.1) is 0 Å². The summed E-state index contributed by atoms with van der Waals surface area (Å²) in [6, 6.07) is 116. The standard InChI is InChI=1S/C67H52N2Si4/c1-70(53-31-11-3-12-32-53)71(54-33-13-4-14-34-54,55-35-15-5-16-36-55)73(58-41-21-8-22-42-58,72(70,56-37-17-6-18-38-56)57-39-19-7-20-40-57)59-43-27-30-52(50-59)69-65-47-26-24-45-61(65)63-49-48-62-60-44-23-25-46-64(60)68(66(62)67(63)69)51-28-9-2-10-29-51/h2-50H,1H3. The Bertz CT molecular complexity index is 3970. The lowest BCUT2D eigenvalue weighted by Gasteiger charge is -2.78. The van der Waals surface area contributed by atoms with E-state index in [0.717, 1.165) is 5.69 Å². The average molecular weight is 998 g/mol. The van der Waals surface area contributed by atoms with E-state index in [0.29, 0.717) is 0 Å². The summed E-state index contributed by atoms with van der Waals surface area (Å²) in [6.07, 6.45) is 0. The van der Waals surface area contributed by atoms with Crippen molar-refractivity contribution in [2.45, 2.75) is 6.55 Å². The van der Waals surface area contributed by atoms with Gasteiger partial charge in [-0.3, -0.25) is 0 Å². The molecule has 0 saturated carbocycles. The van der Waals surface area contributed by atoms with Crippen molar-refractivity contribution in [1.29, 1.82) is 0 Å². The molecule has 346 valence electrons. The summed E-state index contributed by atoms with van der Waals surface area (Å²) in [5.74, 6) is 0. The normalized spacial score (nSPS) is 18.0. The summed E-state index contributed by atoms with van der Waals surface area (Å²) in [5.41, 5.74) is 7.23. The van der Waals surface area contributed by atoms with E-state index in [2.05, 4.69) is 313 Å². The van der Waals surface area contributed by atoms with Gasteiger partial charge in [0.1, 0.15) is 21.3 Å². The Balaban J connectivity index is 1.21. The first-order valence-electron chi connectivity index (χ1n) is 25.6. The zero-order valence-electron chi connectivity index (χ0n) is 40.7. The predicted molar refractivity (Wildman–Crippen MR) is 320 cm³/mol. The molecule has 1 fully saturated rings. The summed E-state index contributed by atoms with van der Waals surface area (Å²) in [5, 5.41) is 15.9. The van der Waals surface area contributed by atoms with Crippen LogP contribution in [0, 0.1) is 0 Å². The fourth-order valence-electron chi connectivity index (χ4n) is 14.8. The smallest absolute Gasteiger partial charge is 0.120 e. The number of benzene rings is 11. The Labute approximate surface area is 429 Å². The van der Waals surface area contributed by atoms with Crippen LogP contribution in [0.5, 0.6) is 0 Å². The molecule has 6 heteroatoms. The van der Waals surface area contributed by atoms with E-state index in [1.165, 1.54) is 54.5 Å². The minimum absolute atomic E-state index is 1.16. The number of fused-ring (bicyclic) bond motifs is 7. The maximum absolute atomic E-state index is 3.24. The van der Waals surface area contributed by atoms with Crippen LogP contribution in [0.1, 0.15) is 0 Å². The second-order valence-corrected chi connectivity index (χ2v) is 56.3. The van der Waals surface area contributed by atoms with Crippen LogP contribution >= 0.6 is 0 Å². The van der Waals surface area contributed by atoms with Crippen molar-refractivity contribution < 1.29 is 0 Å². The molecule has 1 aliphatic rings. The van der Waals surface area contributed by atoms with Gasteiger partial charge < -0.3 is 9.13 Å². The summed E-state index contributed by atoms with van der Waals surface area (Å²) < 4.78 is 5.15. The van der Waals surface area contributed by atoms with E-state index < -0.39 is 28.4 Å². The fraction of sp³-hybridized carbons (Fsp3) is 0.0149. The second-order valence-electron chi connectivity index (χ2n) is 20.0. The van der Waals surface area contributed by atoms with Crippen molar-refractivity contribution in [3.05, 3.63) is 297 Å². The van der Waals surface area contributed by atoms with Gasteiger partial charge in [-0.25, -0.2) is 0 Å². The SMILES string of the molecule is C[Si]1(c2ccccc2)[Si](c2ccccc2)(c2ccccc2)[Si](c2ccccc2)(c2cccc(-n3c4ccccc4c4ccc5c6ccccc6n(-c6ccccc6)c5c43)c2)[Si]1(c1ccccc1)c1ccccc1. The van der Waals surface area contributed by atoms with Gasteiger partial charge in [-0.05, 0) is 36.4 Å². The zero-order valence-corrected chi connectivity index (χ0v) is 44.7. The first-order chi connectivity index (χ1) is 36.2. The highest BCUT2D eigenvalue weighted by molar-refractivity contribution is 8.25. The topological polar surface area (TPSA) is 9.86 Å². The molecular formula is C67H52N2Si4. The van der Waals surface area contributed by atoms with Crippen LogP contribution in [0.2, 0.25) is 6.55 Å². The zero-order chi connectivity index (χ0) is 48.6. The summed E-state index contributed by atoms with van der Waals surface area (Å²) in [7, 11) is -12.2. The Hall–Kier alpha value is -8.11. The third-order valence-corrected chi connectivity index (χ3v) is 97.1. The summed E-state index contributed by atoms with van der Waals surface area (Å²) in [4.78, 5) is 0. The lowest BCUT2D eigenvalue weighted by atomic mass is 10.1. The highest BCUT2D eigenvalue weighted by Gasteiger charge is 2.92. The van der Waals surface area contributed by atoms with E-state index in [-0.39, 0.29) is 0 Å². The number of para-hydroxylation sites is 3. The van der Waals surface area contributed by atoms with Crippen LogP contribution in [0.15, 0.2) is 297 Å². The van der Waals surface area contributed by atoms with E-state index in [9.17, 15) is 0 Å². The third kappa shape index (κ3) is 5.72. The summed E-state index contributed by atoms with van der Waals surface area (Å²) in [6.45, 7) is 2.88. The number of hydrogen-bond acceptors (Lipinski definition) is 0. The molecule has 0 bridgehead atoms. The van der Waals surface area contributed by atoms with Gasteiger partial charge in [0.2, 0.25) is 0 Å². The molecule has 0 unspecified atom stereocenters. The first kappa shape index (κ1) is 43.7. The van der Waals surface area contributed by atoms with Crippen molar-refractivity contribution in [2.75, 3.05) is 0 Å². The molecule has 2 aromatic heterocycles. The van der Waals surface area contributed by atoms with Gasteiger partial charge in [0.05, 0.1) is 29.2 Å². The molecule has 1 saturated heterocycles. The lowest BCUT2D eigenvalue weighted by molar-refractivity contribution is 1.15. The van der Waals surface area contributed by atoms with Crippen LogP contribution in [-0.2, 0) is 0 Å². The van der Waals surface area contributed by atoms with Crippen LogP contribution in [0.3, 0.4) is 0 Å². The van der Waals surface area contributed by atoms with Crippen LogP contribution < -0.4 is 36.3 Å².